The Hall–Kier alpha value is -2.04. The zero-order valence-corrected chi connectivity index (χ0v) is 7.30. The number of aromatic hydroxyl groups is 2. The predicted molar refractivity (Wildman–Crippen MR) is 50.3 cm³/mol. The second-order valence-corrected chi connectivity index (χ2v) is 2.73. The number of phenolic OH excluding ortho intramolecular Hbond substituents is 2. The molecule has 0 atom stereocenters. The molecule has 14 heavy (non-hydrogen) atoms. The number of nitro groups is 1. The van der Waals surface area contributed by atoms with Gasteiger partial charge in [-0.05, 0) is 18.1 Å². The average molecular weight is 195 g/mol. The van der Waals surface area contributed by atoms with Crippen LogP contribution in [0.3, 0.4) is 0 Å². The summed E-state index contributed by atoms with van der Waals surface area (Å²) < 4.78 is 0. The summed E-state index contributed by atoms with van der Waals surface area (Å²) in [6, 6.07) is 2.47. The molecule has 0 amide bonds. The molecule has 0 fully saturated rings. The molecule has 0 aliphatic heterocycles. The monoisotopic (exact) mass is 195 g/mol. The molecule has 0 aliphatic carbocycles. The summed E-state index contributed by atoms with van der Waals surface area (Å²) in [6.07, 6.45) is 1.95. The van der Waals surface area contributed by atoms with E-state index in [1.807, 2.05) is 0 Å². The van der Waals surface area contributed by atoms with Crippen LogP contribution < -0.4 is 0 Å². The first-order valence-electron chi connectivity index (χ1n) is 3.86. The van der Waals surface area contributed by atoms with Crippen LogP contribution in [0, 0.1) is 10.1 Å². The summed E-state index contributed by atoms with van der Waals surface area (Å²) in [7, 11) is 0. The summed E-state index contributed by atoms with van der Waals surface area (Å²) >= 11 is 0. The molecule has 0 saturated carbocycles. The van der Waals surface area contributed by atoms with E-state index in [0.29, 0.717) is 12.0 Å². The van der Waals surface area contributed by atoms with Gasteiger partial charge in [-0.25, -0.2) is 0 Å². The molecule has 74 valence electrons. The Morgan fingerprint density at radius 2 is 2.14 bits per heavy atom. The molecular weight excluding hydrogens is 186 g/mol. The van der Waals surface area contributed by atoms with Gasteiger partial charge in [-0.2, -0.15) is 0 Å². The highest BCUT2D eigenvalue weighted by molar-refractivity contribution is 5.56. The van der Waals surface area contributed by atoms with Crippen molar-refractivity contribution in [3.8, 4) is 11.5 Å². The minimum atomic E-state index is -0.748. The fourth-order valence-electron chi connectivity index (χ4n) is 1.08. The van der Waals surface area contributed by atoms with E-state index in [-0.39, 0.29) is 0 Å². The molecule has 0 heterocycles. The van der Waals surface area contributed by atoms with Gasteiger partial charge in [-0.1, -0.05) is 6.08 Å². The van der Waals surface area contributed by atoms with Crippen molar-refractivity contribution in [3.63, 3.8) is 0 Å². The summed E-state index contributed by atoms with van der Waals surface area (Å²) in [4.78, 5) is 9.69. The SMILES string of the molecule is C=CCc1cc(O)c(O)c([N+](=O)[O-])c1. The van der Waals surface area contributed by atoms with Gasteiger partial charge in [0.2, 0.25) is 5.75 Å². The Bertz CT molecular complexity index is 387. The van der Waals surface area contributed by atoms with E-state index in [1.165, 1.54) is 12.1 Å². The third-order valence-electron chi connectivity index (χ3n) is 1.71. The van der Waals surface area contributed by atoms with Crippen LogP contribution >= 0.6 is 0 Å². The highest BCUT2D eigenvalue weighted by atomic mass is 16.6. The minimum absolute atomic E-state index is 0.397. The lowest BCUT2D eigenvalue weighted by Crippen LogP contribution is -1.91. The number of rotatable bonds is 3. The molecule has 0 bridgehead atoms. The van der Waals surface area contributed by atoms with Crippen LogP contribution in [-0.2, 0) is 6.42 Å². The van der Waals surface area contributed by atoms with Gasteiger partial charge >= 0.3 is 5.69 Å². The number of benzene rings is 1. The van der Waals surface area contributed by atoms with E-state index < -0.39 is 22.1 Å². The van der Waals surface area contributed by atoms with Gasteiger partial charge in [0.1, 0.15) is 0 Å². The Morgan fingerprint density at radius 1 is 1.50 bits per heavy atom. The van der Waals surface area contributed by atoms with E-state index in [4.69, 9.17) is 10.2 Å². The maximum atomic E-state index is 10.4. The van der Waals surface area contributed by atoms with Crippen molar-refractivity contribution in [2.75, 3.05) is 0 Å². The van der Waals surface area contributed by atoms with E-state index in [1.54, 1.807) is 6.08 Å². The van der Waals surface area contributed by atoms with Crippen molar-refractivity contribution >= 4 is 5.69 Å². The normalized spacial score (nSPS) is 9.71. The van der Waals surface area contributed by atoms with Crippen molar-refractivity contribution in [1.82, 2.24) is 0 Å². The Morgan fingerprint density at radius 3 is 2.64 bits per heavy atom. The van der Waals surface area contributed by atoms with Gasteiger partial charge in [0, 0.05) is 6.07 Å². The molecule has 1 aromatic rings. The number of phenols is 2. The van der Waals surface area contributed by atoms with Crippen molar-refractivity contribution in [2.45, 2.75) is 6.42 Å². The lowest BCUT2D eigenvalue weighted by molar-refractivity contribution is -0.386. The molecule has 1 aromatic carbocycles. The quantitative estimate of drug-likeness (QED) is 0.333. The van der Waals surface area contributed by atoms with E-state index >= 15 is 0 Å². The molecule has 0 saturated heterocycles. The number of hydrogen-bond acceptors (Lipinski definition) is 4. The molecule has 5 heteroatoms. The number of hydrogen-bond donors (Lipinski definition) is 2. The first kappa shape index (κ1) is 10.0. The smallest absolute Gasteiger partial charge is 0.314 e. The first-order chi connectivity index (χ1) is 6.56. The van der Waals surface area contributed by atoms with Gasteiger partial charge in [-0.15, -0.1) is 6.58 Å². The summed E-state index contributed by atoms with van der Waals surface area (Å²) in [5.41, 5.74) is 0.0313. The van der Waals surface area contributed by atoms with Crippen LogP contribution in [0.1, 0.15) is 5.56 Å². The molecule has 0 aromatic heterocycles. The van der Waals surface area contributed by atoms with Crippen LogP contribution in [0.25, 0.3) is 0 Å². The fourth-order valence-corrected chi connectivity index (χ4v) is 1.08. The fraction of sp³-hybridized carbons (Fsp3) is 0.111. The van der Waals surface area contributed by atoms with Crippen LogP contribution in [0.2, 0.25) is 0 Å². The van der Waals surface area contributed by atoms with Crippen molar-refractivity contribution in [1.29, 1.82) is 0 Å². The molecule has 2 N–H and O–H groups in total. The maximum absolute atomic E-state index is 10.4. The second kappa shape index (κ2) is 3.78. The van der Waals surface area contributed by atoms with E-state index in [9.17, 15) is 10.1 Å². The molecule has 5 nitrogen and oxygen atoms in total. The number of nitro benzene ring substituents is 1. The lowest BCUT2D eigenvalue weighted by Gasteiger charge is -2.02. The van der Waals surface area contributed by atoms with E-state index in [0.717, 1.165) is 0 Å². The summed E-state index contributed by atoms with van der Waals surface area (Å²) in [5.74, 6) is -1.20. The number of allylic oxidation sites excluding steroid dienone is 1. The molecule has 1 rings (SSSR count). The predicted octanol–water partition coefficient (Wildman–Crippen LogP) is 1.73. The average Bonchev–Trinajstić information content (AvgIpc) is 2.11. The van der Waals surface area contributed by atoms with Gasteiger partial charge in [0.25, 0.3) is 0 Å². The minimum Gasteiger partial charge on any atom is -0.504 e. The second-order valence-electron chi connectivity index (χ2n) is 2.73. The van der Waals surface area contributed by atoms with Gasteiger partial charge < -0.3 is 10.2 Å². The zero-order chi connectivity index (χ0) is 10.7. The van der Waals surface area contributed by atoms with Crippen molar-refractivity contribution < 1.29 is 15.1 Å². The summed E-state index contributed by atoms with van der Waals surface area (Å²) in [6.45, 7) is 3.47. The largest absolute Gasteiger partial charge is 0.504 e. The van der Waals surface area contributed by atoms with Crippen molar-refractivity contribution in [3.05, 3.63) is 40.5 Å². The molecule has 0 aliphatic rings. The highest BCUT2D eigenvalue weighted by Crippen LogP contribution is 2.36. The zero-order valence-electron chi connectivity index (χ0n) is 7.30. The third kappa shape index (κ3) is 1.82. The Kier molecular flexibility index (Phi) is 2.71. The number of nitrogens with zero attached hydrogens (tertiary/aromatic N) is 1. The lowest BCUT2D eigenvalue weighted by atomic mass is 10.1. The molecule has 0 spiro atoms. The Labute approximate surface area is 80.1 Å². The van der Waals surface area contributed by atoms with Gasteiger partial charge in [0.05, 0.1) is 4.92 Å². The molecule has 0 unspecified atom stereocenters. The van der Waals surface area contributed by atoms with E-state index in [2.05, 4.69) is 6.58 Å². The molecule has 0 radical (unpaired) electrons. The van der Waals surface area contributed by atoms with Crippen molar-refractivity contribution in [2.24, 2.45) is 0 Å². The third-order valence-corrected chi connectivity index (χ3v) is 1.71. The maximum Gasteiger partial charge on any atom is 0.314 e. The highest BCUT2D eigenvalue weighted by Gasteiger charge is 2.18. The van der Waals surface area contributed by atoms with Gasteiger partial charge in [0.15, 0.2) is 5.75 Å². The topological polar surface area (TPSA) is 83.6 Å². The van der Waals surface area contributed by atoms with Crippen LogP contribution in [0.4, 0.5) is 5.69 Å². The molecular formula is C9H9NO4. The standard InChI is InChI=1S/C9H9NO4/c1-2-3-6-4-7(10(13)14)9(12)8(11)5-6/h2,4-5,11-12H,1,3H2. The van der Waals surface area contributed by atoms with Gasteiger partial charge in [-0.3, -0.25) is 10.1 Å². The first-order valence-corrected chi connectivity index (χ1v) is 3.86. The van der Waals surface area contributed by atoms with Crippen LogP contribution in [0.5, 0.6) is 11.5 Å². The Balaban J connectivity index is 3.27. The van der Waals surface area contributed by atoms with Crippen LogP contribution in [-0.4, -0.2) is 15.1 Å². The van der Waals surface area contributed by atoms with Crippen LogP contribution in [0.15, 0.2) is 24.8 Å². The summed E-state index contributed by atoms with van der Waals surface area (Å²) in [5, 5.41) is 28.7.